The fourth-order valence-corrected chi connectivity index (χ4v) is 2.87. The first-order chi connectivity index (χ1) is 9.74. The van der Waals surface area contributed by atoms with Crippen LogP contribution in [0.2, 0.25) is 0 Å². The third kappa shape index (κ3) is 5.91. The number of carboxylic acids is 1. The zero-order valence-electron chi connectivity index (χ0n) is 13.3. The van der Waals surface area contributed by atoms with E-state index in [9.17, 15) is 19.8 Å². The Labute approximate surface area is 126 Å². The Balaban J connectivity index is 2.68. The van der Waals surface area contributed by atoms with E-state index in [0.717, 1.165) is 32.1 Å². The van der Waals surface area contributed by atoms with E-state index in [4.69, 9.17) is 0 Å². The Morgan fingerprint density at radius 2 is 1.86 bits per heavy atom. The molecular formula is C15H28N2O4. The molecule has 1 aliphatic rings. The van der Waals surface area contributed by atoms with Gasteiger partial charge in [0.05, 0.1) is 12.1 Å². The summed E-state index contributed by atoms with van der Waals surface area (Å²) in [7, 11) is 0. The molecule has 6 nitrogen and oxygen atoms in total. The minimum Gasteiger partial charge on any atom is -0.480 e. The van der Waals surface area contributed by atoms with Crippen LogP contribution in [0.5, 0.6) is 0 Å². The number of aliphatic carboxylic acids is 1. The van der Waals surface area contributed by atoms with Gasteiger partial charge in [-0.3, -0.25) is 0 Å². The summed E-state index contributed by atoms with van der Waals surface area (Å²) in [6, 6.07) is -1.26. The van der Waals surface area contributed by atoms with Crippen LogP contribution < -0.4 is 5.32 Å². The summed E-state index contributed by atoms with van der Waals surface area (Å²) in [5.74, 6) is -0.976. The van der Waals surface area contributed by atoms with Gasteiger partial charge >= 0.3 is 12.0 Å². The van der Waals surface area contributed by atoms with Gasteiger partial charge in [-0.2, -0.15) is 0 Å². The van der Waals surface area contributed by atoms with Gasteiger partial charge in [0.1, 0.15) is 6.04 Å². The second-order valence-corrected chi connectivity index (χ2v) is 6.49. The van der Waals surface area contributed by atoms with Crippen molar-refractivity contribution in [2.75, 3.05) is 13.1 Å². The first-order valence-corrected chi connectivity index (χ1v) is 7.75. The number of nitrogens with one attached hydrogen (secondary N) is 1. The van der Waals surface area contributed by atoms with Crippen LogP contribution in [0.3, 0.4) is 0 Å². The highest BCUT2D eigenvalue weighted by atomic mass is 16.4. The van der Waals surface area contributed by atoms with Gasteiger partial charge in [-0.15, -0.1) is 0 Å². The molecular weight excluding hydrogens is 272 g/mol. The van der Waals surface area contributed by atoms with Crippen molar-refractivity contribution in [3.05, 3.63) is 0 Å². The van der Waals surface area contributed by atoms with E-state index in [1.54, 1.807) is 13.8 Å². The van der Waals surface area contributed by atoms with Gasteiger partial charge in [0.2, 0.25) is 0 Å². The number of hydrogen-bond donors (Lipinski definition) is 3. The maximum absolute atomic E-state index is 12.2. The zero-order valence-corrected chi connectivity index (χ0v) is 13.3. The number of nitrogens with zero attached hydrogens (tertiary/aromatic N) is 1. The Bertz CT molecular complexity index is 359. The summed E-state index contributed by atoms with van der Waals surface area (Å²) in [6.45, 7) is 5.65. The quantitative estimate of drug-likeness (QED) is 0.698. The molecule has 1 atom stereocenters. The van der Waals surface area contributed by atoms with E-state index in [1.165, 1.54) is 4.90 Å². The lowest BCUT2D eigenvalue weighted by Crippen LogP contribution is -2.53. The molecule has 6 heteroatoms. The summed E-state index contributed by atoms with van der Waals surface area (Å²) in [4.78, 5) is 25.1. The Kier molecular flexibility index (Phi) is 6.45. The number of rotatable bonds is 6. The second kappa shape index (κ2) is 7.64. The minimum atomic E-state index is -1.00. The molecule has 122 valence electrons. The largest absolute Gasteiger partial charge is 0.480 e. The van der Waals surface area contributed by atoms with Gasteiger partial charge in [-0.25, -0.2) is 9.59 Å². The van der Waals surface area contributed by atoms with Crippen molar-refractivity contribution in [3.8, 4) is 0 Å². The number of amides is 2. The molecule has 3 N–H and O–H groups in total. The molecule has 0 aromatic rings. The molecule has 0 bridgehead atoms. The number of hydrogen-bond acceptors (Lipinski definition) is 3. The molecule has 1 saturated carbocycles. The molecule has 0 radical (unpaired) electrons. The van der Waals surface area contributed by atoms with Crippen molar-refractivity contribution < 1.29 is 19.8 Å². The molecule has 1 rings (SSSR count). The monoisotopic (exact) mass is 300 g/mol. The number of aliphatic hydroxyl groups is 1. The number of urea groups is 1. The first-order valence-electron chi connectivity index (χ1n) is 7.75. The van der Waals surface area contributed by atoms with Crippen molar-refractivity contribution in [1.82, 2.24) is 10.2 Å². The Hall–Kier alpha value is -1.30. The Morgan fingerprint density at radius 1 is 1.29 bits per heavy atom. The second-order valence-electron chi connectivity index (χ2n) is 6.49. The third-order valence-corrected chi connectivity index (χ3v) is 3.91. The summed E-state index contributed by atoms with van der Waals surface area (Å²) in [5.41, 5.74) is -1.00. The Morgan fingerprint density at radius 3 is 2.29 bits per heavy atom. The average Bonchev–Trinajstić information content (AvgIpc) is 2.41. The van der Waals surface area contributed by atoms with Gasteiger partial charge in [0.25, 0.3) is 0 Å². The molecule has 0 saturated heterocycles. The summed E-state index contributed by atoms with van der Waals surface area (Å²) < 4.78 is 0. The lowest BCUT2D eigenvalue weighted by atomic mass is 9.84. The van der Waals surface area contributed by atoms with E-state index in [1.807, 2.05) is 6.92 Å². The highest BCUT2D eigenvalue weighted by Crippen LogP contribution is 2.26. The van der Waals surface area contributed by atoms with Crippen LogP contribution in [0.4, 0.5) is 4.79 Å². The SMILES string of the molecule is CCN(CC(C)(C)O)C(=O)NC(C(=O)O)C1CCCCC1. The maximum Gasteiger partial charge on any atom is 0.326 e. The lowest BCUT2D eigenvalue weighted by Gasteiger charge is -2.32. The van der Waals surface area contributed by atoms with Crippen molar-refractivity contribution in [3.63, 3.8) is 0 Å². The van der Waals surface area contributed by atoms with E-state index in [2.05, 4.69) is 5.32 Å². The molecule has 0 heterocycles. The van der Waals surface area contributed by atoms with Crippen LogP contribution >= 0.6 is 0 Å². The molecule has 2 amide bonds. The predicted molar refractivity (Wildman–Crippen MR) is 80.1 cm³/mol. The molecule has 0 aliphatic heterocycles. The van der Waals surface area contributed by atoms with Crippen LogP contribution in [-0.2, 0) is 4.79 Å². The van der Waals surface area contributed by atoms with Crippen LogP contribution in [-0.4, -0.2) is 51.8 Å². The fourth-order valence-electron chi connectivity index (χ4n) is 2.87. The first kappa shape index (κ1) is 17.8. The van der Waals surface area contributed by atoms with E-state index in [-0.39, 0.29) is 12.5 Å². The molecule has 1 fully saturated rings. The van der Waals surface area contributed by atoms with Gasteiger partial charge in [0, 0.05) is 6.54 Å². The average molecular weight is 300 g/mol. The molecule has 1 unspecified atom stereocenters. The van der Waals surface area contributed by atoms with Crippen LogP contribution in [0.15, 0.2) is 0 Å². The highest BCUT2D eigenvalue weighted by Gasteiger charge is 2.32. The van der Waals surface area contributed by atoms with E-state index < -0.39 is 23.6 Å². The fraction of sp³-hybridized carbons (Fsp3) is 0.867. The smallest absolute Gasteiger partial charge is 0.326 e. The van der Waals surface area contributed by atoms with Gasteiger partial charge in [-0.1, -0.05) is 19.3 Å². The number of carbonyl (C=O) groups excluding carboxylic acids is 1. The van der Waals surface area contributed by atoms with Crippen molar-refractivity contribution in [2.45, 2.75) is 64.5 Å². The zero-order chi connectivity index (χ0) is 16.0. The van der Waals surface area contributed by atoms with Crippen molar-refractivity contribution in [1.29, 1.82) is 0 Å². The van der Waals surface area contributed by atoms with Gasteiger partial charge in [-0.05, 0) is 39.5 Å². The topological polar surface area (TPSA) is 89.9 Å². The van der Waals surface area contributed by atoms with E-state index >= 15 is 0 Å². The van der Waals surface area contributed by atoms with Crippen molar-refractivity contribution >= 4 is 12.0 Å². The number of carboxylic acid groups (broad SMARTS) is 1. The maximum atomic E-state index is 12.2. The third-order valence-electron chi connectivity index (χ3n) is 3.91. The van der Waals surface area contributed by atoms with Gasteiger partial charge < -0.3 is 20.4 Å². The highest BCUT2D eigenvalue weighted by molar-refractivity contribution is 5.82. The molecule has 0 aromatic heterocycles. The molecule has 0 aromatic carbocycles. The minimum absolute atomic E-state index is 0.000966. The van der Waals surface area contributed by atoms with Gasteiger partial charge in [0.15, 0.2) is 0 Å². The van der Waals surface area contributed by atoms with Crippen molar-refractivity contribution in [2.24, 2.45) is 5.92 Å². The van der Waals surface area contributed by atoms with Crippen LogP contribution in [0, 0.1) is 5.92 Å². The predicted octanol–water partition coefficient (Wildman–Crippen LogP) is 1.82. The summed E-state index contributed by atoms with van der Waals surface area (Å²) >= 11 is 0. The summed E-state index contributed by atoms with van der Waals surface area (Å²) in [5, 5.41) is 21.8. The number of carbonyl (C=O) groups is 2. The standard InChI is InChI=1S/C15H28N2O4/c1-4-17(10-15(2,3)21)14(20)16-12(13(18)19)11-8-6-5-7-9-11/h11-12,21H,4-10H2,1-3H3,(H,16,20)(H,18,19). The van der Waals surface area contributed by atoms with E-state index in [0.29, 0.717) is 6.54 Å². The number of likely N-dealkylation sites (N-methyl/N-ethyl adjacent to an activating group) is 1. The molecule has 0 spiro atoms. The normalized spacial score (nSPS) is 18.1. The van der Waals surface area contributed by atoms with Crippen LogP contribution in [0.1, 0.15) is 52.9 Å². The molecule has 21 heavy (non-hydrogen) atoms. The lowest BCUT2D eigenvalue weighted by molar-refractivity contribution is -0.141. The molecule has 1 aliphatic carbocycles. The van der Waals surface area contributed by atoms with Crippen LogP contribution in [0.25, 0.3) is 0 Å². The summed E-state index contributed by atoms with van der Waals surface area (Å²) in [6.07, 6.45) is 4.86.